The summed E-state index contributed by atoms with van der Waals surface area (Å²) in [6.45, 7) is 5.75. The molecule has 1 N–H and O–H groups in total. The second-order valence-corrected chi connectivity index (χ2v) is 12.7. The highest BCUT2D eigenvalue weighted by molar-refractivity contribution is 7.80. The minimum Gasteiger partial charge on any atom is -0.463 e. The van der Waals surface area contributed by atoms with E-state index in [2.05, 4.69) is 17.9 Å². The SMILES string of the molecule is CC(=O)N[C@@H]1C(OCCCCCS)OC2COC(c3ccccc3)OC2C1OC1OC(COC(C)=O)C(OC(C)=O)C(OC(C)=O)C1OC(C)=O. The zero-order valence-corrected chi connectivity index (χ0v) is 30.2. The maximum Gasteiger partial charge on any atom is 0.303 e. The number of carbonyl (C=O) groups is 5. The molecule has 3 aliphatic heterocycles. The van der Waals surface area contributed by atoms with Gasteiger partial charge in [-0.05, 0) is 18.6 Å². The van der Waals surface area contributed by atoms with Crippen molar-refractivity contribution in [3.63, 3.8) is 0 Å². The molecule has 0 saturated carbocycles. The predicted molar refractivity (Wildman–Crippen MR) is 177 cm³/mol. The summed E-state index contributed by atoms with van der Waals surface area (Å²) >= 11 is 4.26. The third-order valence-corrected chi connectivity index (χ3v) is 8.42. The summed E-state index contributed by atoms with van der Waals surface area (Å²) in [6, 6.07) is 8.14. The molecule has 0 bridgehead atoms. The third-order valence-electron chi connectivity index (χ3n) is 8.10. The van der Waals surface area contributed by atoms with Gasteiger partial charge in [-0.1, -0.05) is 36.8 Å². The molecule has 17 heteroatoms. The van der Waals surface area contributed by atoms with Gasteiger partial charge in [-0.3, -0.25) is 24.0 Å². The summed E-state index contributed by atoms with van der Waals surface area (Å²) in [5.74, 6) is -2.75. The first-order valence-electron chi connectivity index (χ1n) is 16.8. The Morgan fingerprint density at radius 2 is 1.43 bits per heavy atom. The normalized spacial score (nSPS) is 31.8. The third kappa shape index (κ3) is 11.6. The summed E-state index contributed by atoms with van der Waals surface area (Å²) in [5, 5.41) is 2.86. The number of carbonyl (C=O) groups excluding carboxylic acids is 5. The van der Waals surface area contributed by atoms with Gasteiger partial charge in [0.1, 0.15) is 37.1 Å². The topological polar surface area (TPSA) is 190 Å². The van der Waals surface area contributed by atoms with Gasteiger partial charge in [0, 0.05) is 46.8 Å². The highest BCUT2D eigenvalue weighted by Gasteiger charge is 2.57. The molecule has 1 aromatic rings. The van der Waals surface area contributed by atoms with Crippen LogP contribution in [0.2, 0.25) is 0 Å². The number of hydrogen-bond acceptors (Lipinski definition) is 16. The number of amides is 1. The molecule has 0 radical (unpaired) electrons. The zero-order chi connectivity index (χ0) is 37.1. The van der Waals surface area contributed by atoms with Crippen LogP contribution in [0.25, 0.3) is 0 Å². The van der Waals surface area contributed by atoms with Crippen molar-refractivity contribution in [3.05, 3.63) is 35.9 Å². The molecule has 0 aliphatic carbocycles. The molecule has 3 heterocycles. The van der Waals surface area contributed by atoms with Gasteiger partial charge in [0.05, 0.1) is 6.61 Å². The average Bonchev–Trinajstić information content (AvgIpc) is 3.07. The number of unbranched alkanes of at least 4 members (excludes halogenated alkanes) is 2. The van der Waals surface area contributed by atoms with E-state index >= 15 is 0 Å². The lowest BCUT2D eigenvalue weighted by Crippen LogP contribution is -2.70. The minimum absolute atomic E-state index is 0.0506. The van der Waals surface area contributed by atoms with Crippen LogP contribution in [0, 0.1) is 0 Å². The van der Waals surface area contributed by atoms with Crippen LogP contribution < -0.4 is 5.32 Å². The lowest BCUT2D eigenvalue weighted by atomic mass is 9.94. The Balaban J connectivity index is 1.76. The van der Waals surface area contributed by atoms with E-state index in [1.807, 2.05) is 30.3 Å². The molecule has 51 heavy (non-hydrogen) atoms. The Kier molecular flexibility index (Phi) is 15.5. The van der Waals surface area contributed by atoms with Gasteiger partial charge < -0.3 is 52.7 Å². The lowest BCUT2D eigenvalue weighted by Gasteiger charge is -2.51. The smallest absolute Gasteiger partial charge is 0.303 e. The number of nitrogens with one attached hydrogen (secondary N) is 1. The lowest BCUT2D eigenvalue weighted by molar-refractivity contribution is -0.378. The van der Waals surface area contributed by atoms with Gasteiger partial charge in [0.2, 0.25) is 5.91 Å². The Morgan fingerprint density at radius 3 is 2.06 bits per heavy atom. The first-order valence-corrected chi connectivity index (χ1v) is 17.4. The molecule has 3 aliphatic rings. The maximum atomic E-state index is 12.7. The van der Waals surface area contributed by atoms with Crippen molar-refractivity contribution >= 4 is 42.4 Å². The Morgan fingerprint density at radius 1 is 0.765 bits per heavy atom. The van der Waals surface area contributed by atoms with E-state index < -0.39 is 104 Å². The fourth-order valence-corrected chi connectivity index (χ4v) is 6.31. The van der Waals surface area contributed by atoms with Crippen LogP contribution in [0.4, 0.5) is 0 Å². The molecule has 0 spiro atoms. The van der Waals surface area contributed by atoms with Crippen molar-refractivity contribution in [3.8, 4) is 0 Å². The van der Waals surface area contributed by atoms with Gasteiger partial charge in [-0.2, -0.15) is 12.6 Å². The van der Waals surface area contributed by atoms with Crippen molar-refractivity contribution in [1.29, 1.82) is 0 Å². The molecule has 10 unspecified atom stereocenters. The molecule has 3 saturated heterocycles. The van der Waals surface area contributed by atoms with Gasteiger partial charge in [0.25, 0.3) is 0 Å². The molecule has 11 atom stereocenters. The van der Waals surface area contributed by atoms with Crippen LogP contribution in [0.15, 0.2) is 30.3 Å². The van der Waals surface area contributed by atoms with Crippen LogP contribution in [0.5, 0.6) is 0 Å². The average molecular weight is 742 g/mol. The molecular formula is C34H47NO15S. The van der Waals surface area contributed by atoms with E-state index in [9.17, 15) is 24.0 Å². The monoisotopic (exact) mass is 741 g/mol. The molecule has 284 valence electrons. The van der Waals surface area contributed by atoms with Gasteiger partial charge in [-0.25, -0.2) is 0 Å². The molecule has 0 aromatic heterocycles. The molecule has 3 fully saturated rings. The fraction of sp³-hybridized carbons (Fsp3) is 0.676. The molecule has 4 rings (SSSR count). The van der Waals surface area contributed by atoms with Gasteiger partial charge >= 0.3 is 23.9 Å². The number of thiol groups is 1. The second kappa shape index (κ2) is 19.5. The van der Waals surface area contributed by atoms with E-state index in [1.54, 1.807) is 0 Å². The highest BCUT2D eigenvalue weighted by atomic mass is 32.1. The van der Waals surface area contributed by atoms with Crippen molar-refractivity contribution in [2.75, 3.05) is 25.6 Å². The number of ether oxygens (including phenoxy) is 10. The Hall–Kier alpha value is -3.32. The molecule has 1 aromatic carbocycles. The first-order chi connectivity index (χ1) is 24.4. The summed E-state index contributed by atoms with van der Waals surface area (Å²) in [6.07, 6.45) is -9.53. The van der Waals surface area contributed by atoms with E-state index in [0.717, 1.165) is 39.4 Å². The van der Waals surface area contributed by atoms with Crippen LogP contribution in [0.1, 0.15) is 65.7 Å². The quantitative estimate of drug-likeness (QED) is 0.115. The van der Waals surface area contributed by atoms with Crippen LogP contribution >= 0.6 is 12.6 Å². The summed E-state index contributed by atoms with van der Waals surface area (Å²) in [4.78, 5) is 61.6. The number of benzene rings is 1. The number of esters is 4. The highest BCUT2D eigenvalue weighted by Crippen LogP contribution is 2.38. The number of fused-ring (bicyclic) bond motifs is 1. The maximum absolute atomic E-state index is 12.7. The van der Waals surface area contributed by atoms with Crippen molar-refractivity contribution < 1.29 is 71.3 Å². The van der Waals surface area contributed by atoms with E-state index in [0.29, 0.717) is 12.0 Å². The van der Waals surface area contributed by atoms with E-state index in [-0.39, 0.29) is 13.2 Å². The number of hydrogen-bond donors (Lipinski definition) is 2. The summed E-state index contributed by atoms with van der Waals surface area (Å²) in [5.41, 5.74) is 0.709. The van der Waals surface area contributed by atoms with Gasteiger partial charge in [-0.15, -0.1) is 0 Å². The Labute approximate surface area is 301 Å². The second-order valence-electron chi connectivity index (χ2n) is 12.3. The number of rotatable bonds is 15. The minimum atomic E-state index is -1.57. The van der Waals surface area contributed by atoms with Crippen molar-refractivity contribution in [2.45, 2.75) is 122 Å². The van der Waals surface area contributed by atoms with Crippen LogP contribution in [-0.2, 0) is 71.3 Å². The van der Waals surface area contributed by atoms with Crippen LogP contribution in [0.3, 0.4) is 0 Å². The van der Waals surface area contributed by atoms with Crippen molar-refractivity contribution in [2.24, 2.45) is 0 Å². The van der Waals surface area contributed by atoms with E-state index in [1.165, 1.54) is 13.8 Å². The summed E-state index contributed by atoms with van der Waals surface area (Å²) in [7, 11) is 0. The van der Waals surface area contributed by atoms with Crippen LogP contribution in [-0.4, -0.2) is 117 Å². The predicted octanol–water partition coefficient (Wildman–Crippen LogP) is 1.92. The Bertz CT molecular complexity index is 1330. The molecule has 1 amide bonds. The summed E-state index contributed by atoms with van der Waals surface area (Å²) < 4.78 is 59.8. The molecule has 16 nitrogen and oxygen atoms in total. The zero-order valence-electron chi connectivity index (χ0n) is 29.3. The first kappa shape index (κ1) is 40.5. The standard InChI is InChI=1S/C34H47NO15S/c1-18(36)35-26-29(27-25(47-33(26)41-14-10-7-11-15-51)17-43-32(49-27)23-12-8-6-9-13-23)50-34-31(46-22(5)40)30(45-21(4)39)28(44-20(3)38)24(48-34)16-42-19(2)37/h6,8-9,12-13,24-34,51H,7,10-11,14-17H2,1-5H3,(H,35,36)/t24?,25?,26-,27?,28?,29?,30?,31?,32?,33?,34?/m0/s1. The largest absolute Gasteiger partial charge is 0.463 e. The van der Waals surface area contributed by atoms with E-state index in [4.69, 9.17) is 47.4 Å². The molecular weight excluding hydrogens is 694 g/mol. The van der Waals surface area contributed by atoms with Gasteiger partial charge in [0.15, 0.2) is 37.2 Å². The fourth-order valence-electron chi connectivity index (χ4n) is 6.09. The van der Waals surface area contributed by atoms with Crippen molar-refractivity contribution in [1.82, 2.24) is 5.32 Å².